The molecule has 5 rings (SSSR count). The topological polar surface area (TPSA) is 78.5 Å². The number of nitrogens with zero attached hydrogens (tertiary/aromatic N) is 1. The number of hydrogen-bond acceptors (Lipinski definition) is 3. The molecule has 4 aliphatic carbocycles. The second kappa shape index (κ2) is 5.20. The minimum Gasteiger partial charge on any atom is -0.354 e. The second-order valence-corrected chi connectivity index (χ2v) is 9.14. The lowest BCUT2D eigenvalue weighted by atomic mass is 9.49. The molecular formula is C18H27N3O3. The molecule has 1 aliphatic heterocycles. The second-order valence-electron chi connectivity index (χ2n) is 9.14. The highest BCUT2D eigenvalue weighted by atomic mass is 16.2. The van der Waals surface area contributed by atoms with Crippen molar-refractivity contribution in [3.8, 4) is 0 Å². The van der Waals surface area contributed by atoms with Crippen molar-refractivity contribution in [2.24, 2.45) is 23.2 Å². The SMILES string of the molecule is CC1(C)NC(=O)N(CC(=O)NCC23CC4CC(CC(C4)C2)C3)C1=O. The lowest BCUT2D eigenvalue weighted by Gasteiger charge is -2.56. The van der Waals surface area contributed by atoms with Crippen LogP contribution in [0, 0.1) is 23.2 Å². The first-order chi connectivity index (χ1) is 11.3. The first-order valence-electron chi connectivity index (χ1n) is 9.17. The summed E-state index contributed by atoms with van der Waals surface area (Å²) in [5.41, 5.74) is -0.655. The third-order valence-electron chi connectivity index (χ3n) is 6.57. The molecule has 132 valence electrons. The van der Waals surface area contributed by atoms with E-state index >= 15 is 0 Å². The van der Waals surface area contributed by atoms with Gasteiger partial charge in [-0.3, -0.25) is 14.5 Å². The number of carbonyl (C=O) groups excluding carboxylic acids is 3. The van der Waals surface area contributed by atoms with E-state index in [1.807, 2.05) is 0 Å². The van der Waals surface area contributed by atoms with Gasteiger partial charge in [-0.25, -0.2) is 4.79 Å². The van der Waals surface area contributed by atoms with Gasteiger partial charge in [0.1, 0.15) is 12.1 Å². The Morgan fingerprint density at radius 2 is 1.67 bits per heavy atom. The van der Waals surface area contributed by atoms with Crippen LogP contribution in [-0.4, -0.2) is 41.4 Å². The molecule has 5 fully saturated rings. The van der Waals surface area contributed by atoms with Crippen molar-refractivity contribution in [1.82, 2.24) is 15.5 Å². The quantitative estimate of drug-likeness (QED) is 0.768. The van der Waals surface area contributed by atoms with Crippen molar-refractivity contribution in [2.45, 2.75) is 57.9 Å². The molecule has 2 N–H and O–H groups in total. The fourth-order valence-electron chi connectivity index (χ4n) is 5.95. The molecule has 5 aliphatic rings. The fraction of sp³-hybridized carbons (Fsp3) is 0.833. The van der Waals surface area contributed by atoms with Gasteiger partial charge < -0.3 is 10.6 Å². The maximum absolute atomic E-state index is 12.3. The van der Waals surface area contributed by atoms with Gasteiger partial charge in [0.05, 0.1) is 0 Å². The molecule has 0 aromatic carbocycles. The molecule has 0 aromatic rings. The number of urea groups is 1. The van der Waals surface area contributed by atoms with Crippen molar-refractivity contribution >= 4 is 17.8 Å². The average Bonchev–Trinajstić information content (AvgIpc) is 2.66. The number of hydrogen-bond donors (Lipinski definition) is 2. The van der Waals surface area contributed by atoms with Gasteiger partial charge in [-0.2, -0.15) is 0 Å². The molecule has 4 amide bonds. The monoisotopic (exact) mass is 333 g/mol. The van der Waals surface area contributed by atoms with E-state index in [4.69, 9.17) is 0 Å². The molecule has 24 heavy (non-hydrogen) atoms. The molecule has 0 spiro atoms. The Balaban J connectivity index is 1.34. The fourth-order valence-corrected chi connectivity index (χ4v) is 5.95. The third-order valence-corrected chi connectivity index (χ3v) is 6.57. The number of rotatable bonds is 4. The Kier molecular flexibility index (Phi) is 3.45. The van der Waals surface area contributed by atoms with E-state index in [0.29, 0.717) is 6.54 Å². The Labute approximate surface area is 142 Å². The summed E-state index contributed by atoms with van der Waals surface area (Å²) in [7, 11) is 0. The Hall–Kier alpha value is -1.59. The van der Waals surface area contributed by atoms with Crippen LogP contribution in [0.15, 0.2) is 0 Å². The van der Waals surface area contributed by atoms with Crippen LogP contribution in [-0.2, 0) is 9.59 Å². The molecule has 6 nitrogen and oxygen atoms in total. The van der Waals surface area contributed by atoms with Crippen molar-refractivity contribution in [3.63, 3.8) is 0 Å². The van der Waals surface area contributed by atoms with Crippen LogP contribution in [0.3, 0.4) is 0 Å². The van der Waals surface area contributed by atoms with E-state index < -0.39 is 11.6 Å². The number of nitrogens with one attached hydrogen (secondary N) is 2. The van der Waals surface area contributed by atoms with E-state index in [9.17, 15) is 14.4 Å². The average molecular weight is 333 g/mol. The zero-order valence-corrected chi connectivity index (χ0v) is 14.6. The van der Waals surface area contributed by atoms with Gasteiger partial charge in [0, 0.05) is 6.54 Å². The molecule has 4 saturated carbocycles. The summed E-state index contributed by atoms with van der Waals surface area (Å²) in [6, 6.07) is -0.477. The van der Waals surface area contributed by atoms with E-state index in [1.54, 1.807) is 13.8 Å². The van der Waals surface area contributed by atoms with Crippen LogP contribution in [0.1, 0.15) is 52.4 Å². The number of carbonyl (C=O) groups is 3. The van der Waals surface area contributed by atoms with E-state index in [0.717, 1.165) is 22.7 Å². The van der Waals surface area contributed by atoms with Crippen molar-refractivity contribution < 1.29 is 14.4 Å². The summed E-state index contributed by atoms with van der Waals surface area (Å²) in [4.78, 5) is 37.4. The van der Waals surface area contributed by atoms with E-state index in [2.05, 4.69) is 10.6 Å². The van der Waals surface area contributed by atoms with E-state index in [1.165, 1.54) is 38.5 Å². The highest BCUT2D eigenvalue weighted by Crippen LogP contribution is 2.59. The Morgan fingerprint density at radius 1 is 1.12 bits per heavy atom. The molecule has 6 heteroatoms. The van der Waals surface area contributed by atoms with Crippen molar-refractivity contribution in [1.29, 1.82) is 0 Å². The summed E-state index contributed by atoms with van der Waals surface area (Å²) < 4.78 is 0. The van der Waals surface area contributed by atoms with Gasteiger partial charge in [0.15, 0.2) is 0 Å². The van der Waals surface area contributed by atoms with Gasteiger partial charge in [-0.1, -0.05) is 0 Å². The minimum atomic E-state index is -0.919. The van der Waals surface area contributed by atoms with Gasteiger partial charge in [0.25, 0.3) is 5.91 Å². The maximum Gasteiger partial charge on any atom is 0.325 e. The van der Waals surface area contributed by atoms with Crippen LogP contribution in [0.5, 0.6) is 0 Å². The zero-order chi connectivity index (χ0) is 17.1. The zero-order valence-electron chi connectivity index (χ0n) is 14.6. The van der Waals surface area contributed by atoms with E-state index in [-0.39, 0.29) is 23.8 Å². The largest absolute Gasteiger partial charge is 0.354 e. The van der Waals surface area contributed by atoms with Crippen molar-refractivity contribution in [2.75, 3.05) is 13.1 Å². The first kappa shape index (κ1) is 15.9. The van der Waals surface area contributed by atoms with Gasteiger partial charge >= 0.3 is 6.03 Å². The molecule has 1 saturated heterocycles. The van der Waals surface area contributed by atoms with Crippen LogP contribution in [0.4, 0.5) is 4.79 Å². The standard InChI is InChI=1S/C18H27N3O3/c1-17(2)15(23)21(16(24)20-17)9-14(22)19-10-18-6-11-3-12(7-18)5-13(4-11)8-18/h11-13H,3-10H2,1-2H3,(H,19,22)(H,20,24). The van der Waals surface area contributed by atoms with Crippen LogP contribution < -0.4 is 10.6 Å². The smallest absolute Gasteiger partial charge is 0.325 e. The summed E-state index contributed by atoms with van der Waals surface area (Å²) in [6.07, 6.45) is 7.83. The predicted octanol–water partition coefficient (Wildman–Crippen LogP) is 1.65. The minimum absolute atomic E-state index is 0.180. The lowest BCUT2D eigenvalue weighted by molar-refractivity contribution is -0.134. The Morgan fingerprint density at radius 3 is 2.12 bits per heavy atom. The van der Waals surface area contributed by atoms with Crippen molar-refractivity contribution in [3.05, 3.63) is 0 Å². The third kappa shape index (κ3) is 2.60. The molecule has 0 aromatic heterocycles. The molecule has 1 heterocycles. The summed E-state index contributed by atoms with van der Waals surface area (Å²) in [5.74, 6) is 1.98. The summed E-state index contributed by atoms with van der Waals surface area (Å²) >= 11 is 0. The first-order valence-corrected chi connectivity index (χ1v) is 9.17. The predicted molar refractivity (Wildman–Crippen MR) is 87.9 cm³/mol. The number of amides is 4. The molecular weight excluding hydrogens is 306 g/mol. The molecule has 4 bridgehead atoms. The normalized spacial score (nSPS) is 39.2. The lowest BCUT2D eigenvalue weighted by Crippen LogP contribution is -2.52. The van der Waals surface area contributed by atoms with Gasteiger partial charge in [-0.05, 0) is 75.5 Å². The van der Waals surface area contributed by atoms with Crippen LogP contribution in [0.25, 0.3) is 0 Å². The number of imide groups is 1. The van der Waals surface area contributed by atoms with Gasteiger partial charge in [0.2, 0.25) is 5.91 Å². The molecule has 0 atom stereocenters. The Bertz CT molecular complexity index is 563. The molecule has 0 radical (unpaired) electrons. The van der Waals surface area contributed by atoms with Crippen LogP contribution in [0.2, 0.25) is 0 Å². The maximum atomic E-state index is 12.3. The highest BCUT2D eigenvalue weighted by Gasteiger charge is 2.51. The summed E-state index contributed by atoms with van der Waals surface area (Å²) in [6.45, 7) is 3.82. The molecule has 0 unspecified atom stereocenters. The van der Waals surface area contributed by atoms with Gasteiger partial charge in [-0.15, -0.1) is 0 Å². The highest BCUT2D eigenvalue weighted by molar-refractivity contribution is 6.08. The van der Waals surface area contributed by atoms with Crippen LogP contribution >= 0.6 is 0 Å². The summed E-state index contributed by atoms with van der Waals surface area (Å²) in [5, 5.41) is 5.63.